The lowest BCUT2D eigenvalue weighted by Gasteiger charge is -2.48. The second-order valence-corrected chi connectivity index (χ2v) is 3.76. The molecular weight excluding hydrogens is 210 g/mol. The summed E-state index contributed by atoms with van der Waals surface area (Å²) in [5.74, 6) is -1.64. The van der Waals surface area contributed by atoms with Gasteiger partial charge in [0.15, 0.2) is 0 Å². The predicted octanol–water partition coefficient (Wildman–Crippen LogP) is -0.527. The van der Waals surface area contributed by atoms with E-state index in [1.54, 1.807) is 0 Å². The zero-order chi connectivity index (χ0) is 12.0. The van der Waals surface area contributed by atoms with E-state index < -0.39 is 24.0 Å². The van der Waals surface area contributed by atoms with Crippen LogP contribution in [-0.2, 0) is 9.59 Å². The molecule has 1 unspecified atom stereocenters. The molecule has 0 aromatic rings. The molecule has 1 amide bonds. The van der Waals surface area contributed by atoms with E-state index in [0.717, 1.165) is 4.90 Å². The number of fused-ring (bicyclic) bond motifs is 1. The van der Waals surface area contributed by atoms with E-state index >= 15 is 0 Å². The van der Waals surface area contributed by atoms with Gasteiger partial charge in [0.2, 0.25) is 5.91 Å². The molecule has 0 aromatic carbocycles. The number of carboxylic acid groups (broad SMARTS) is 1. The van der Waals surface area contributed by atoms with Crippen LogP contribution in [0.1, 0.15) is 6.42 Å². The first-order chi connectivity index (χ1) is 7.49. The normalized spacial score (nSPS) is 28.7. The van der Waals surface area contributed by atoms with E-state index in [1.807, 2.05) is 0 Å². The van der Waals surface area contributed by atoms with Gasteiger partial charge >= 0.3 is 5.97 Å². The first-order valence-corrected chi connectivity index (χ1v) is 4.74. The number of aliphatic carboxylic acids is 1. The third-order valence-electron chi connectivity index (χ3n) is 2.87. The van der Waals surface area contributed by atoms with Gasteiger partial charge in [-0.25, -0.2) is 4.79 Å². The zero-order valence-electron chi connectivity index (χ0n) is 8.43. The van der Waals surface area contributed by atoms with Crippen molar-refractivity contribution in [1.29, 1.82) is 5.41 Å². The molecule has 1 fully saturated rings. The van der Waals surface area contributed by atoms with Crippen LogP contribution in [0.3, 0.4) is 0 Å². The summed E-state index contributed by atoms with van der Waals surface area (Å²) < 4.78 is 0. The molecule has 0 aromatic heterocycles. The second-order valence-electron chi connectivity index (χ2n) is 3.76. The van der Waals surface area contributed by atoms with Gasteiger partial charge in [0.05, 0.1) is 6.04 Å². The summed E-state index contributed by atoms with van der Waals surface area (Å²) in [5.41, 5.74) is 6.09. The standard InChI is InChI=1S/C10H11N3O3/c1-2-4-3-5(11)8-6(12)9(14)13(8)7(4)10(15)16/h2,6,8,11H,1,3,12H2,(H,15,16)/t6-,8?/m0/s1. The molecule has 2 aliphatic heterocycles. The van der Waals surface area contributed by atoms with Gasteiger partial charge in [-0.1, -0.05) is 12.7 Å². The molecule has 16 heavy (non-hydrogen) atoms. The summed E-state index contributed by atoms with van der Waals surface area (Å²) >= 11 is 0. The number of rotatable bonds is 2. The minimum Gasteiger partial charge on any atom is -0.477 e. The Labute approximate surface area is 91.5 Å². The quantitative estimate of drug-likeness (QED) is 0.545. The lowest BCUT2D eigenvalue weighted by atomic mass is 9.82. The number of β-lactam (4-membered cyclic amide) rings is 1. The Kier molecular flexibility index (Phi) is 2.16. The van der Waals surface area contributed by atoms with Crippen LogP contribution in [0.25, 0.3) is 0 Å². The molecule has 0 bridgehead atoms. The zero-order valence-corrected chi connectivity index (χ0v) is 8.43. The highest BCUT2D eigenvalue weighted by Gasteiger charge is 2.53. The second kappa shape index (κ2) is 3.28. The molecule has 6 heteroatoms. The summed E-state index contributed by atoms with van der Waals surface area (Å²) in [4.78, 5) is 23.6. The molecular formula is C10H11N3O3. The maximum Gasteiger partial charge on any atom is 0.352 e. The van der Waals surface area contributed by atoms with Crippen molar-refractivity contribution < 1.29 is 14.7 Å². The van der Waals surface area contributed by atoms with Gasteiger partial charge in [-0.3, -0.25) is 9.69 Å². The number of hydrogen-bond acceptors (Lipinski definition) is 4. The Morgan fingerprint density at radius 2 is 2.31 bits per heavy atom. The first kappa shape index (κ1) is 10.6. The van der Waals surface area contributed by atoms with Crippen LogP contribution in [0, 0.1) is 5.41 Å². The van der Waals surface area contributed by atoms with E-state index in [9.17, 15) is 9.59 Å². The van der Waals surface area contributed by atoms with Crippen molar-refractivity contribution in [2.24, 2.45) is 5.73 Å². The summed E-state index contributed by atoms with van der Waals surface area (Å²) in [6.45, 7) is 3.49. The molecule has 0 aliphatic carbocycles. The number of nitrogens with two attached hydrogens (primary N) is 1. The molecule has 2 aliphatic rings. The predicted molar refractivity (Wildman–Crippen MR) is 55.8 cm³/mol. The number of carbonyl (C=O) groups is 2. The van der Waals surface area contributed by atoms with Gasteiger partial charge in [0, 0.05) is 12.1 Å². The molecule has 1 saturated heterocycles. The number of amides is 1. The Balaban J connectivity index is 2.52. The number of nitrogens with one attached hydrogen (secondary N) is 1. The fourth-order valence-corrected chi connectivity index (χ4v) is 2.09. The van der Waals surface area contributed by atoms with Crippen LogP contribution in [0.5, 0.6) is 0 Å². The number of carboxylic acids is 1. The van der Waals surface area contributed by atoms with Crippen molar-refractivity contribution in [2.75, 3.05) is 0 Å². The van der Waals surface area contributed by atoms with Crippen LogP contribution >= 0.6 is 0 Å². The summed E-state index contributed by atoms with van der Waals surface area (Å²) in [6.07, 6.45) is 1.55. The molecule has 6 nitrogen and oxygen atoms in total. The summed E-state index contributed by atoms with van der Waals surface area (Å²) in [5, 5.41) is 16.8. The highest BCUT2D eigenvalue weighted by Crippen LogP contribution is 2.34. The van der Waals surface area contributed by atoms with Crippen molar-refractivity contribution >= 4 is 17.6 Å². The smallest absolute Gasteiger partial charge is 0.352 e. The average molecular weight is 221 g/mol. The molecule has 84 valence electrons. The minimum absolute atomic E-state index is 0.0947. The minimum atomic E-state index is -1.19. The lowest BCUT2D eigenvalue weighted by molar-refractivity contribution is -0.149. The van der Waals surface area contributed by atoms with Crippen molar-refractivity contribution in [3.05, 3.63) is 23.9 Å². The van der Waals surface area contributed by atoms with E-state index in [1.165, 1.54) is 6.08 Å². The lowest BCUT2D eigenvalue weighted by Crippen LogP contribution is -2.72. The number of nitrogens with zero attached hydrogens (tertiary/aromatic N) is 1. The Morgan fingerprint density at radius 3 is 2.81 bits per heavy atom. The van der Waals surface area contributed by atoms with E-state index in [4.69, 9.17) is 16.2 Å². The van der Waals surface area contributed by atoms with E-state index in [0.29, 0.717) is 5.57 Å². The Hall–Kier alpha value is -1.95. The third kappa shape index (κ3) is 1.13. The molecule has 0 spiro atoms. The monoisotopic (exact) mass is 221 g/mol. The fraction of sp³-hybridized carbons (Fsp3) is 0.300. The van der Waals surface area contributed by atoms with Crippen LogP contribution in [-0.4, -0.2) is 39.7 Å². The van der Waals surface area contributed by atoms with Gasteiger partial charge in [0.1, 0.15) is 11.7 Å². The van der Waals surface area contributed by atoms with Gasteiger partial charge in [-0.15, -0.1) is 0 Å². The number of allylic oxidation sites excluding steroid dienone is 2. The molecule has 4 N–H and O–H groups in total. The van der Waals surface area contributed by atoms with Crippen LogP contribution in [0.15, 0.2) is 23.9 Å². The fourth-order valence-electron chi connectivity index (χ4n) is 2.09. The van der Waals surface area contributed by atoms with E-state index in [-0.39, 0.29) is 17.8 Å². The van der Waals surface area contributed by atoms with Gasteiger partial charge < -0.3 is 16.2 Å². The third-order valence-corrected chi connectivity index (χ3v) is 2.87. The van der Waals surface area contributed by atoms with Gasteiger partial charge in [0.25, 0.3) is 0 Å². The highest BCUT2D eigenvalue weighted by atomic mass is 16.4. The number of carbonyl (C=O) groups excluding carboxylic acids is 1. The van der Waals surface area contributed by atoms with Crippen LogP contribution in [0.2, 0.25) is 0 Å². The van der Waals surface area contributed by atoms with E-state index in [2.05, 4.69) is 6.58 Å². The molecule has 2 atom stereocenters. The maximum absolute atomic E-state index is 11.5. The summed E-state index contributed by atoms with van der Waals surface area (Å²) in [7, 11) is 0. The van der Waals surface area contributed by atoms with Gasteiger partial charge in [-0.05, 0) is 5.57 Å². The van der Waals surface area contributed by atoms with Crippen molar-refractivity contribution in [3.63, 3.8) is 0 Å². The van der Waals surface area contributed by atoms with Crippen LogP contribution in [0.4, 0.5) is 0 Å². The van der Waals surface area contributed by atoms with Crippen molar-refractivity contribution in [2.45, 2.75) is 18.5 Å². The van der Waals surface area contributed by atoms with Gasteiger partial charge in [-0.2, -0.15) is 0 Å². The highest BCUT2D eigenvalue weighted by molar-refractivity contribution is 6.11. The summed E-state index contributed by atoms with van der Waals surface area (Å²) in [6, 6.07) is -1.38. The average Bonchev–Trinajstić information content (AvgIpc) is 2.25. The SMILES string of the molecule is C=CC1=C(C(=O)O)N2C(=O)[C@@H](N)C2C(=N)C1. The molecule has 2 rings (SSSR count). The van der Waals surface area contributed by atoms with Crippen molar-refractivity contribution in [1.82, 2.24) is 4.90 Å². The van der Waals surface area contributed by atoms with Crippen molar-refractivity contribution in [3.8, 4) is 0 Å². The first-order valence-electron chi connectivity index (χ1n) is 4.74. The molecule has 2 heterocycles. The maximum atomic E-state index is 11.5. The number of hydrogen-bond donors (Lipinski definition) is 3. The van der Waals surface area contributed by atoms with Crippen LogP contribution < -0.4 is 5.73 Å². The topological polar surface area (TPSA) is 107 Å². The Bertz CT molecular complexity index is 452. The molecule has 0 saturated carbocycles. The largest absolute Gasteiger partial charge is 0.477 e. The molecule has 0 radical (unpaired) electrons. The Morgan fingerprint density at radius 1 is 1.69 bits per heavy atom.